The van der Waals surface area contributed by atoms with Gasteiger partial charge in [-0.05, 0) is 31.7 Å². The predicted molar refractivity (Wildman–Crippen MR) is 88.5 cm³/mol. The van der Waals surface area contributed by atoms with Crippen LogP contribution >= 0.6 is 11.8 Å². The fourth-order valence-electron chi connectivity index (χ4n) is 3.28. The Hall–Kier alpha value is -1.49. The molecule has 3 rings (SSSR count). The van der Waals surface area contributed by atoms with E-state index in [1.54, 1.807) is 11.8 Å². The van der Waals surface area contributed by atoms with Gasteiger partial charge in [0.1, 0.15) is 6.04 Å². The summed E-state index contributed by atoms with van der Waals surface area (Å²) < 4.78 is 0. The molecule has 4 nitrogen and oxygen atoms in total. The molecule has 0 saturated carbocycles. The van der Waals surface area contributed by atoms with Gasteiger partial charge in [0.05, 0.1) is 4.87 Å². The molecular weight excluding hydrogens is 296 g/mol. The topological polar surface area (TPSA) is 49.4 Å². The minimum absolute atomic E-state index is 0.000429. The van der Waals surface area contributed by atoms with E-state index >= 15 is 0 Å². The smallest absolute Gasteiger partial charge is 0.243 e. The molecule has 1 N–H and O–H groups in total. The van der Waals surface area contributed by atoms with Crippen molar-refractivity contribution in [3.05, 3.63) is 35.9 Å². The van der Waals surface area contributed by atoms with Crippen LogP contribution in [0.3, 0.4) is 0 Å². The van der Waals surface area contributed by atoms with Gasteiger partial charge in [0.25, 0.3) is 0 Å². The van der Waals surface area contributed by atoms with Gasteiger partial charge in [0, 0.05) is 18.7 Å². The van der Waals surface area contributed by atoms with Crippen LogP contribution in [0.5, 0.6) is 0 Å². The molecule has 2 fully saturated rings. The molecular formula is C17H22N2O2S. The number of nitrogens with zero attached hydrogens (tertiary/aromatic N) is 1. The lowest BCUT2D eigenvalue weighted by Gasteiger charge is -2.29. The zero-order valence-corrected chi connectivity index (χ0v) is 13.7. The number of rotatable bonds is 5. The summed E-state index contributed by atoms with van der Waals surface area (Å²) in [5, 5.41) is 3.00. The number of amides is 2. The molecule has 5 heteroatoms. The molecule has 2 atom stereocenters. The van der Waals surface area contributed by atoms with Crippen molar-refractivity contribution in [2.24, 2.45) is 0 Å². The number of nitrogens with one attached hydrogen (secondary N) is 1. The van der Waals surface area contributed by atoms with Gasteiger partial charge in [-0.2, -0.15) is 0 Å². The molecule has 1 aromatic carbocycles. The maximum atomic E-state index is 12.4. The van der Waals surface area contributed by atoms with Crippen LogP contribution in [0.15, 0.2) is 30.3 Å². The van der Waals surface area contributed by atoms with Gasteiger partial charge < -0.3 is 10.2 Å². The van der Waals surface area contributed by atoms with Crippen LogP contribution in [0.1, 0.15) is 31.7 Å². The minimum Gasteiger partial charge on any atom is -0.354 e. The summed E-state index contributed by atoms with van der Waals surface area (Å²) in [6, 6.07) is 9.98. The molecule has 0 radical (unpaired) electrons. The summed E-state index contributed by atoms with van der Waals surface area (Å²) in [5.74, 6) is 0.837. The number of carbonyl (C=O) groups excluding carboxylic acids is 2. The number of aryl methyl sites for hydroxylation is 1. The SMILES string of the molecule is CC12CCC(=O)N1C(C(=O)NCCCc1ccccc1)CS2. The summed E-state index contributed by atoms with van der Waals surface area (Å²) in [4.78, 5) is 26.0. The summed E-state index contributed by atoms with van der Waals surface area (Å²) in [6.07, 6.45) is 3.30. The van der Waals surface area contributed by atoms with E-state index in [9.17, 15) is 9.59 Å². The third-order valence-electron chi connectivity index (χ3n) is 4.53. The molecule has 118 valence electrons. The highest BCUT2D eigenvalue weighted by Gasteiger charge is 2.52. The van der Waals surface area contributed by atoms with E-state index in [4.69, 9.17) is 0 Å². The zero-order valence-electron chi connectivity index (χ0n) is 12.9. The highest BCUT2D eigenvalue weighted by Crippen LogP contribution is 2.47. The second-order valence-electron chi connectivity index (χ2n) is 6.15. The lowest BCUT2D eigenvalue weighted by molar-refractivity contribution is -0.137. The Morgan fingerprint density at radius 3 is 2.95 bits per heavy atom. The van der Waals surface area contributed by atoms with Crippen LogP contribution in [-0.4, -0.2) is 39.9 Å². The van der Waals surface area contributed by atoms with Crippen molar-refractivity contribution in [1.82, 2.24) is 10.2 Å². The Kier molecular flexibility index (Phi) is 4.43. The maximum absolute atomic E-state index is 12.4. The first kappa shape index (κ1) is 15.4. The third-order valence-corrected chi connectivity index (χ3v) is 6.04. The number of benzene rings is 1. The third kappa shape index (κ3) is 3.00. The number of carbonyl (C=O) groups is 2. The normalized spacial score (nSPS) is 27.0. The first-order valence-electron chi connectivity index (χ1n) is 7.88. The van der Waals surface area contributed by atoms with Gasteiger partial charge in [0.2, 0.25) is 11.8 Å². The molecule has 1 aromatic rings. The van der Waals surface area contributed by atoms with E-state index in [2.05, 4.69) is 24.4 Å². The molecule has 2 amide bonds. The van der Waals surface area contributed by atoms with Crippen LogP contribution in [-0.2, 0) is 16.0 Å². The molecule has 2 aliphatic heterocycles. The lowest BCUT2D eigenvalue weighted by Crippen LogP contribution is -2.50. The lowest BCUT2D eigenvalue weighted by atomic mass is 10.1. The quantitative estimate of drug-likeness (QED) is 0.847. The van der Waals surface area contributed by atoms with Crippen molar-refractivity contribution in [3.8, 4) is 0 Å². The van der Waals surface area contributed by atoms with Gasteiger partial charge in [-0.3, -0.25) is 9.59 Å². The van der Waals surface area contributed by atoms with Crippen LogP contribution < -0.4 is 5.32 Å². The van der Waals surface area contributed by atoms with Gasteiger partial charge >= 0.3 is 0 Å². The Balaban J connectivity index is 1.47. The van der Waals surface area contributed by atoms with E-state index in [0.29, 0.717) is 18.7 Å². The van der Waals surface area contributed by atoms with Crippen molar-refractivity contribution in [1.29, 1.82) is 0 Å². The Labute approximate surface area is 135 Å². The van der Waals surface area contributed by atoms with E-state index in [-0.39, 0.29) is 22.7 Å². The van der Waals surface area contributed by atoms with Crippen molar-refractivity contribution in [2.45, 2.75) is 43.5 Å². The molecule has 2 saturated heterocycles. The number of thioether (sulfide) groups is 1. The van der Waals surface area contributed by atoms with Gasteiger partial charge in [-0.25, -0.2) is 0 Å². The summed E-state index contributed by atoms with van der Waals surface area (Å²) in [6.45, 7) is 2.74. The molecule has 0 bridgehead atoms. The van der Waals surface area contributed by atoms with E-state index in [0.717, 1.165) is 19.3 Å². The number of fused-ring (bicyclic) bond motifs is 1. The van der Waals surface area contributed by atoms with E-state index in [1.165, 1.54) is 5.56 Å². The standard InChI is InChI=1S/C17H22N2O2S/c1-17-10-9-15(20)19(17)14(12-22-17)16(21)18-11-5-8-13-6-3-2-4-7-13/h2-4,6-7,14H,5,8-12H2,1H3,(H,18,21). The van der Waals surface area contributed by atoms with Crippen LogP contribution in [0.4, 0.5) is 0 Å². The molecule has 2 heterocycles. The molecule has 2 unspecified atom stereocenters. The van der Waals surface area contributed by atoms with Crippen LogP contribution in [0, 0.1) is 0 Å². The van der Waals surface area contributed by atoms with Crippen LogP contribution in [0.2, 0.25) is 0 Å². The molecule has 0 spiro atoms. The summed E-state index contributed by atoms with van der Waals surface area (Å²) in [7, 11) is 0. The van der Waals surface area contributed by atoms with Gasteiger partial charge in [-0.15, -0.1) is 11.8 Å². The number of hydrogen-bond donors (Lipinski definition) is 1. The minimum atomic E-state index is -0.290. The van der Waals surface area contributed by atoms with Crippen molar-refractivity contribution in [2.75, 3.05) is 12.3 Å². The largest absolute Gasteiger partial charge is 0.354 e. The highest BCUT2D eigenvalue weighted by atomic mass is 32.2. The highest BCUT2D eigenvalue weighted by molar-refractivity contribution is 8.01. The van der Waals surface area contributed by atoms with Crippen LogP contribution in [0.25, 0.3) is 0 Å². The average Bonchev–Trinajstić information content (AvgIpc) is 3.01. The Morgan fingerprint density at radius 1 is 1.41 bits per heavy atom. The fraction of sp³-hybridized carbons (Fsp3) is 0.529. The Bertz CT molecular complexity index is 563. The van der Waals surface area contributed by atoms with E-state index < -0.39 is 0 Å². The van der Waals surface area contributed by atoms with E-state index in [1.807, 2.05) is 23.1 Å². The average molecular weight is 318 g/mol. The Morgan fingerprint density at radius 2 is 2.18 bits per heavy atom. The summed E-state index contributed by atoms with van der Waals surface area (Å²) >= 11 is 1.74. The van der Waals surface area contributed by atoms with Crippen molar-refractivity contribution < 1.29 is 9.59 Å². The van der Waals surface area contributed by atoms with Gasteiger partial charge in [0.15, 0.2) is 0 Å². The summed E-state index contributed by atoms with van der Waals surface area (Å²) in [5.41, 5.74) is 1.29. The van der Waals surface area contributed by atoms with Gasteiger partial charge in [-0.1, -0.05) is 30.3 Å². The second kappa shape index (κ2) is 6.32. The second-order valence-corrected chi connectivity index (χ2v) is 7.65. The fourth-order valence-corrected chi connectivity index (χ4v) is 4.71. The maximum Gasteiger partial charge on any atom is 0.243 e. The molecule has 22 heavy (non-hydrogen) atoms. The first-order valence-corrected chi connectivity index (χ1v) is 8.86. The monoisotopic (exact) mass is 318 g/mol. The van der Waals surface area contributed by atoms with Crippen molar-refractivity contribution in [3.63, 3.8) is 0 Å². The molecule has 0 aromatic heterocycles. The number of hydrogen-bond acceptors (Lipinski definition) is 3. The predicted octanol–water partition coefficient (Wildman–Crippen LogP) is 2.19. The zero-order chi connectivity index (χ0) is 15.6. The molecule has 0 aliphatic carbocycles. The molecule has 2 aliphatic rings. The first-order chi connectivity index (χ1) is 10.6. The van der Waals surface area contributed by atoms with Crippen molar-refractivity contribution >= 4 is 23.6 Å².